The van der Waals surface area contributed by atoms with Gasteiger partial charge in [-0.15, -0.1) is 11.3 Å². The fourth-order valence-electron chi connectivity index (χ4n) is 2.41. The molecule has 1 N–H and O–H groups in total. The molecule has 11 heteroatoms. The van der Waals surface area contributed by atoms with Gasteiger partial charge in [0.15, 0.2) is 0 Å². The zero-order valence-corrected chi connectivity index (χ0v) is 16.3. The molecule has 0 amide bonds. The van der Waals surface area contributed by atoms with Gasteiger partial charge in [-0.3, -0.25) is 10.1 Å². The van der Waals surface area contributed by atoms with Crippen LogP contribution in [0.3, 0.4) is 0 Å². The minimum Gasteiger partial charge on any atom is -0.360 e. The number of hydrogen-bond donors (Lipinski definition) is 1. The van der Waals surface area contributed by atoms with Crippen molar-refractivity contribution < 1.29 is 18.1 Å². The standard InChI is InChI=1S/C19H10ClF3N4O2S/c20-16-6-3-13(7-15(16)19(21,22)23)25-9-12(8-24)18-26-17(10-30-18)11-1-4-14(5-2-11)27(28)29/h1-7,9-10,25H. The van der Waals surface area contributed by atoms with Gasteiger partial charge in [0, 0.05) is 35.0 Å². The van der Waals surface area contributed by atoms with E-state index in [1.165, 1.54) is 36.5 Å². The van der Waals surface area contributed by atoms with Crippen LogP contribution in [0.5, 0.6) is 0 Å². The molecule has 0 saturated carbocycles. The highest BCUT2D eigenvalue weighted by molar-refractivity contribution is 7.11. The molecule has 0 unspecified atom stereocenters. The minimum absolute atomic E-state index is 0.0581. The summed E-state index contributed by atoms with van der Waals surface area (Å²) in [7, 11) is 0. The molecule has 0 fully saturated rings. The fraction of sp³-hybridized carbons (Fsp3) is 0.0526. The van der Waals surface area contributed by atoms with Crippen molar-refractivity contribution in [1.29, 1.82) is 5.26 Å². The normalized spacial score (nSPS) is 11.8. The number of non-ortho nitro benzene ring substituents is 1. The SMILES string of the molecule is N#CC(=CNc1ccc(Cl)c(C(F)(F)F)c1)c1nc(-c2ccc([N+](=O)[O-])cc2)cs1. The lowest BCUT2D eigenvalue weighted by molar-refractivity contribution is -0.384. The topological polar surface area (TPSA) is 91.8 Å². The number of nitro groups is 1. The number of allylic oxidation sites excluding steroid dienone is 1. The van der Waals surface area contributed by atoms with E-state index < -0.39 is 21.7 Å². The second-order valence-corrected chi connectivity index (χ2v) is 7.11. The molecule has 2 aromatic carbocycles. The third-order valence-electron chi connectivity index (χ3n) is 3.88. The average molecular weight is 451 g/mol. The molecule has 0 saturated heterocycles. The van der Waals surface area contributed by atoms with Crippen LogP contribution in [0.2, 0.25) is 5.02 Å². The highest BCUT2D eigenvalue weighted by atomic mass is 35.5. The maximum Gasteiger partial charge on any atom is 0.417 e. The predicted octanol–water partition coefficient (Wildman–Crippen LogP) is 6.37. The number of thiazole rings is 1. The van der Waals surface area contributed by atoms with E-state index in [0.717, 1.165) is 23.5 Å². The van der Waals surface area contributed by atoms with Crippen molar-refractivity contribution in [1.82, 2.24) is 4.98 Å². The van der Waals surface area contributed by atoms with Crippen LogP contribution < -0.4 is 5.32 Å². The van der Waals surface area contributed by atoms with Gasteiger partial charge in [-0.1, -0.05) is 11.6 Å². The molecule has 1 aromatic heterocycles. The number of alkyl halides is 3. The van der Waals surface area contributed by atoms with Gasteiger partial charge in [0.2, 0.25) is 0 Å². The zero-order chi connectivity index (χ0) is 21.9. The van der Waals surface area contributed by atoms with Crippen LogP contribution in [0.15, 0.2) is 54.0 Å². The first-order valence-corrected chi connectivity index (χ1v) is 9.39. The molecular formula is C19H10ClF3N4O2S. The smallest absolute Gasteiger partial charge is 0.360 e. The van der Waals surface area contributed by atoms with Crippen LogP contribution in [-0.4, -0.2) is 9.91 Å². The number of rotatable bonds is 5. The molecule has 0 bridgehead atoms. The van der Waals surface area contributed by atoms with Crippen molar-refractivity contribution in [2.75, 3.05) is 5.32 Å². The summed E-state index contributed by atoms with van der Waals surface area (Å²) in [5.74, 6) is 0. The van der Waals surface area contributed by atoms with E-state index in [-0.39, 0.29) is 16.9 Å². The summed E-state index contributed by atoms with van der Waals surface area (Å²) in [4.78, 5) is 14.5. The van der Waals surface area contributed by atoms with Gasteiger partial charge in [0.25, 0.3) is 5.69 Å². The third-order valence-corrected chi connectivity index (χ3v) is 5.09. The van der Waals surface area contributed by atoms with Crippen molar-refractivity contribution in [3.8, 4) is 17.3 Å². The van der Waals surface area contributed by atoms with Crippen LogP contribution in [0.4, 0.5) is 24.5 Å². The van der Waals surface area contributed by atoms with Crippen LogP contribution in [0.1, 0.15) is 10.6 Å². The van der Waals surface area contributed by atoms with Gasteiger partial charge in [-0.25, -0.2) is 4.98 Å². The Morgan fingerprint density at radius 1 is 1.27 bits per heavy atom. The second kappa shape index (κ2) is 8.52. The van der Waals surface area contributed by atoms with E-state index in [9.17, 15) is 28.5 Å². The van der Waals surface area contributed by atoms with E-state index in [0.29, 0.717) is 16.3 Å². The van der Waals surface area contributed by atoms with E-state index in [1.54, 1.807) is 5.38 Å². The number of hydrogen-bond acceptors (Lipinski definition) is 6. The number of nitro benzene ring substituents is 1. The Morgan fingerprint density at radius 2 is 1.97 bits per heavy atom. The van der Waals surface area contributed by atoms with Gasteiger partial charge in [-0.2, -0.15) is 18.4 Å². The lowest BCUT2D eigenvalue weighted by atomic mass is 10.1. The van der Waals surface area contributed by atoms with Crippen LogP contribution in [-0.2, 0) is 6.18 Å². The molecule has 152 valence electrons. The fourth-order valence-corrected chi connectivity index (χ4v) is 3.43. The van der Waals surface area contributed by atoms with Gasteiger partial charge in [-0.05, 0) is 30.3 Å². The van der Waals surface area contributed by atoms with Crippen LogP contribution in [0, 0.1) is 21.4 Å². The largest absolute Gasteiger partial charge is 0.417 e. The Morgan fingerprint density at radius 3 is 2.57 bits per heavy atom. The third kappa shape index (κ3) is 4.76. The van der Waals surface area contributed by atoms with E-state index in [4.69, 9.17) is 11.6 Å². The van der Waals surface area contributed by atoms with Crippen molar-refractivity contribution in [2.45, 2.75) is 6.18 Å². The van der Waals surface area contributed by atoms with Gasteiger partial charge in [0.1, 0.15) is 16.6 Å². The molecule has 3 aromatic rings. The monoisotopic (exact) mass is 450 g/mol. The van der Waals surface area contributed by atoms with Gasteiger partial charge in [0.05, 0.1) is 21.2 Å². The Kier molecular flexibility index (Phi) is 6.05. The molecule has 0 atom stereocenters. The Balaban J connectivity index is 1.83. The van der Waals surface area contributed by atoms with Gasteiger partial charge < -0.3 is 5.32 Å². The summed E-state index contributed by atoms with van der Waals surface area (Å²) in [6.07, 6.45) is -3.35. The summed E-state index contributed by atoms with van der Waals surface area (Å²) >= 11 is 6.75. The number of nitrogens with one attached hydrogen (secondary N) is 1. The molecule has 0 aliphatic heterocycles. The molecule has 0 aliphatic carbocycles. The summed E-state index contributed by atoms with van der Waals surface area (Å²) in [5, 5.41) is 24.4. The van der Waals surface area contributed by atoms with E-state index in [2.05, 4.69) is 10.3 Å². The van der Waals surface area contributed by atoms with E-state index >= 15 is 0 Å². The first-order chi connectivity index (χ1) is 14.2. The Labute approximate surface area is 177 Å². The molecule has 6 nitrogen and oxygen atoms in total. The lowest BCUT2D eigenvalue weighted by Gasteiger charge is -2.10. The number of nitrogens with zero attached hydrogens (tertiary/aromatic N) is 3. The minimum atomic E-state index is -4.61. The molecule has 30 heavy (non-hydrogen) atoms. The summed E-state index contributed by atoms with van der Waals surface area (Å²) < 4.78 is 38.9. The van der Waals surface area contributed by atoms with Crippen molar-refractivity contribution >= 4 is 39.9 Å². The molecule has 0 spiro atoms. The maximum absolute atomic E-state index is 13.0. The maximum atomic E-state index is 13.0. The number of aromatic nitrogens is 1. The number of nitriles is 1. The summed E-state index contributed by atoms with van der Waals surface area (Å²) in [6, 6.07) is 11.0. The quantitative estimate of drug-likeness (QED) is 0.277. The Bertz CT molecular complexity index is 1170. The van der Waals surface area contributed by atoms with E-state index in [1.807, 2.05) is 6.07 Å². The van der Waals surface area contributed by atoms with Gasteiger partial charge >= 0.3 is 6.18 Å². The molecule has 1 heterocycles. The molecule has 0 aliphatic rings. The lowest BCUT2D eigenvalue weighted by Crippen LogP contribution is -2.06. The Hall–Kier alpha value is -3.42. The first kappa shape index (κ1) is 21.3. The van der Waals surface area contributed by atoms with Crippen LogP contribution in [0.25, 0.3) is 16.8 Å². The number of anilines is 1. The highest BCUT2D eigenvalue weighted by Gasteiger charge is 2.33. The number of benzene rings is 2. The second-order valence-electron chi connectivity index (χ2n) is 5.85. The molecular weight excluding hydrogens is 441 g/mol. The average Bonchev–Trinajstić information content (AvgIpc) is 3.19. The first-order valence-electron chi connectivity index (χ1n) is 8.13. The predicted molar refractivity (Wildman–Crippen MR) is 108 cm³/mol. The summed E-state index contributed by atoms with van der Waals surface area (Å²) in [6.45, 7) is 0. The molecule has 0 radical (unpaired) electrons. The zero-order valence-electron chi connectivity index (χ0n) is 14.8. The van der Waals surface area contributed by atoms with Crippen LogP contribution >= 0.6 is 22.9 Å². The number of halogens is 4. The van der Waals surface area contributed by atoms with Crippen molar-refractivity contribution in [2.24, 2.45) is 0 Å². The highest BCUT2D eigenvalue weighted by Crippen LogP contribution is 2.36. The van der Waals surface area contributed by atoms with Crippen molar-refractivity contribution in [3.63, 3.8) is 0 Å². The van der Waals surface area contributed by atoms with Crippen molar-refractivity contribution in [3.05, 3.63) is 79.8 Å². The summed E-state index contributed by atoms with van der Waals surface area (Å²) in [5.41, 5.74) is 0.300. The molecule has 3 rings (SSSR count).